The van der Waals surface area contributed by atoms with E-state index < -0.39 is 95.3 Å². The molecule has 3 aliphatic rings. The highest BCUT2D eigenvalue weighted by Crippen LogP contribution is 2.49. The number of anilines is 1. The van der Waals surface area contributed by atoms with Crippen molar-refractivity contribution in [3.8, 4) is 0 Å². The van der Waals surface area contributed by atoms with E-state index in [1.807, 2.05) is 46.0 Å². The lowest BCUT2D eigenvalue weighted by Gasteiger charge is -2.42. The van der Waals surface area contributed by atoms with Gasteiger partial charge in [0.2, 0.25) is 23.6 Å². The Balaban J connectivity index is 1.13. The van der Waals surface area contributed by atoms with Gasteiger partial charge in [0.15, 0.2) is 5.72 Å². The second kappa shape index (κ2) is 28.1. The first-order valence-corrected chi connectivity index (χ1v) is 26.2. The van der Waals surface area contributed by atoms with E-state index in [0.29, 0.717) is 29.2 Å². The van der Waals surface area contributed by atoms with Gasteiger partial charge in [0.25, 0.3) is 0 Å². The number of primary amides is 1. The number of benzene rings is 1. The van der Waals surface area contributed by atoms with E-state index in [4.69, 9.17) is 54.9 Å². The summed E-state index contributed by atoms with van der Waals surface area (Å²) >= 11 is 6.82. The molecular formula is C54H77ClN6O16. The Morgan fingerprint density at radius 3 is 2.44 bits per heavy atom. The molecule has 5 amide bonds. The zero-order valence-electron chi connectivity index (χ0n) is 45.9. The zero-order valence-corrected chi connectivity index (χ0v) is 46.6. The van der Waals surface area contributed by atoms with Crippen LogP contribution >= 0.6 is 11.6 Å². The second-order valence-electron chi connectivity index (χ2n) is 20.3. The lowest BCUT2D eigenvalue weighted by Crippen LogP contribution is -2.63. The molecule has 77 heavy (non-hydrogen) atoms. The standard InChI is InChI=1S/C54H77ClN6O16/c1-11-59(7)28-38-29-73-30-39(38)31-74-47(65)25-37(24-44(56)62)50(66)57-16-18-72-20-19-71-17-15-45(63)60(8)35(5)51(67)76-43-26-46(64)61(9)40-23-36(22-33(3)48(40)55)21-32(2)13-12-14-42(70-10)54(69)27-41(75-52(68)58-54)34(4)49-53(43,6)77-49/h12-14,22-23,29-30,34-35,37,41-43,49,69H,11,15-21,24-28,31H2,1-10H3,(H2,56,62)(H,57,66)(H,58,68)/b14-12+,32-13+/t34-,35+,37-,41+,42-,43+,49?,53+,54-/m1/s1. The number of amides is 5. The molecule has 1 aromatic carbocycles. The van der Waals surface area contributed by atoms with Gasteiger partial charge in [0.1, 0.15) is 36.6 Å². The number of allylic oxidation sites excluding steroid dienone is 3. The molecule has 426 valence electrons. The van der Waals surface area contributed by atoms with E-state index in [0.717, 1.165) is 28.8 Å². The number of aliphatic hydroxyl groups is 1. The summed E-state index contributed by atoms with van der Waals surface area (Å²) in [5.41, 5.74) is 6.79. The van der Waals surface area contributed by atoms with Gasteiger partial charge in [-0.15, -0.1) is 0 Å². The zero-order chi connectivity index (χ0) is 56.8. The van der Waals surface area contributed by atoms with Crippen LogP contribution in [0.4, 0.5) is 10.5 Å². The predicted molar refractivity (Wildman–Crippen MR) is 281 cm³/mol. The Kier molecular flexibility index (Phi) is 22.6. The SMILES string of the molecule is CCN(C)Cc1cocc1COC(=O)C[C@@H](CC(N)=O)C(=O)NCCOCCOCCC(=O)N(C)[C@@H](C)C(=O)O[C@H]1CC(=O)N(C)c2cc(cc(C)c2Cl)C/C(C)=C/C=C/[C@@H](OC)[C@]2(O)C[C@H](OC(=O)N2)[C@@H](C)C2O[C@]21C. The smallest absolute Gasteiger partial charge is 0.409 e. The highest BCUT2D eigenvalue weighted by Gasteiger charge is 2.64. The predicted octanol–water partition coefficient (Wildman–Crippen LogP) is 4.02. The van der Waals surface area contributed by atoms with Crippen LogP contribution < -0.4 is 21.3 Å². The van der Waals surface area contributed by atoms with Crippen LogP contribution in [0.1, 0.15) is 89.0 Å². The van der Waals surface area contributed by atoms with Gasteiger partial charge < -0.3 is 68.4 Å². The van der Waals surface area contributed by atoms with E-state index in [2.05, 4.69) is 15.5 Å². The van der Waals surface area contributed by atoms with Crippen molar-refractivity contribution in [1.29, 1.82) is 0 Å². The molecule has 4 bridgehead atoms. The van der Waals surface area contributed by atoms with Crippen molar-refractivity contribution in [1.82, 2.24) is 20.4 Å². The first-order valence-electron chi connectivity index (χ1n) is 25.8. The molecule has 23 heteroatoms. The molecule has 2 fully saturated rings. The maximum absolute atomic E-state index is 14.3. The Morgan fingerprint density at radius 2 is 1.75 bits per heavy atom. The van der Waals surface area contributed by atoms with Gasteiger partial charge in [-0.1, -0.05) is 55.3 Å². The molecule has 2 aromatic rings. The summed E-state index contributed by atoms with van der Waals surface area (Å²) in [6.07, 6.45) is 2.93. The molecule has 5 rings (SSSR count). The molecule has 0 radical (unpaired) electrons. The van der Waals surface area contributed by atoms with Crippen molar-refractivity contribution >= 4 is 58.9 Å². The summed E-state index contributed by atoms with van der Waals surface area (Å²) in [4.78, 5) is 96.6. The molecule has 0 aliphatic carbocycles. The molecule has 4 heterocycles. The van der Waals surface area contributed by atoms with Crippen molar-refractivity contribution in [2.75, 3.05) is 72.7 Å². The summed E-state index contributed by atoms with van der Waals surface area (Å²) in [6, 6.07) is 2.64. The number of furan rings is 1. The van der Waals surface area contributed by atoms with Crippen molar-refractivity contribution in [3.63, 3.8) is 0 Å². The molecule has 22 nitrogen and oxygen atoms in total. The lowest BCUT2D eigenvalue weighted by atomic mass is 9.83. The van der Waals surface area contributed by atoms with E-state index in [9.17, 15) is 38.7 Å². The first kappa shape index (κ1) is 62.0. The van der Waals surface area contributed by atoms with Gasteiger partial charge in [-0.2, -0.15) is 0 Å². The number of hydrogen-bond acceptors (Lipinski definition) is 17. The summed E-state index contributed by atoms with van der Waals surface area (Å²) in [5.74, 6) is -5.31. The number of likely N-dealkylation sites (N-methyl/N-ethyl adjacent to an activating group) is 1. The van der Waals surface area contributed by atoms with Crippen molar-refractivity contribution in [2.45, 2.75) is 135 Å². The highest BCUT2D eigenvalue weighted by molar-refractivity contribution is 6.34. The lowest BCUT2D eigenvalue weighted by molar-refractivity contribution is -0.162. The number of aryl methyl sites for hydroxylation is 1. The summed E-state index contributed by atoms with van der Waals surface area (Å²) in [6.45, 7) is 12.4. The van der Waals surface area contributed by atoms with Crippen LogP contribution in [0.5, 0.6) is 0 Å². The fraction of sp³-hybridized carbons (Fsp3) is 0.611. The third kappa shape index (κ3) is 17.1. The van der Waals surface area contributed by atoms with Crippen LogP contribution in [-0.4, -0.2) is 166 Å². The van der Waals surface area contributed by atoms with Crippen LogP contribution in [0.2, 0.25) is 5.02 Å². The van der Waals surface area contributed by atoms with Crippen LogP contribution in [0, 0.1) is 18.8 Å². The summed E-state index contributed by atoms with van der Waals surface area (Å²) in [7, 11) is 6.39. The minimum absolute atomic E-state index is 0.0144. The summed E-state index contributed by atoms with van der Waals surface area (Å²) < 4.78 is 45.6. The highest BCUT2D eigenvalue weighted by atomic mass is 35.5. The molecule has 5 N–H and O–H groups in total. The molecule has 3 aliphatic heterocycles. The Morgan fingerprint density at radius 1 is 1.05 bits per heavy atom. The average molecular weight is 1100 g/mol. The molecule has 2 saturated heterocycles. The third-order valence-corrected chi connectivity index (χ3v) is 14.8. The van der Waals surface area contributed by atoms with E-state index >= 15 is 0 Å². The fourth-order valence-electron chi connectivity index (χ4n) is 9.24. The van der Waals surface area contributed by atoms with Gasteiger partial charge in [-0.3, -0.25) is 29.3 Å². The van der Waals surface area contributed by atoms with Crippen molar-refractivity contribution in [3.05, 3.63) is 75.7 Å². The minimum Gasteiger partial charge on any atom is -0.472 e. The largest absolute Gasteiger partial charge is 0.472 e. The molecule has 9 atom stereocenters. The Hall–Kier alpha value is -5.88. The molecule has 1 aromatic heterocycles. The van der Waals surface area contributed by atoms with Crippen LogP contribution in [-0.2, 0) is 81.5 Å². The number of carbonyl (C=O) groups is 7. The first-order chi connectivity index (χ1) is 36.4. The number of halogens is 1. The third-order valence-electron chi connectivity index (χ3n) is 14.3. The van der Waals surface area contributed by atoms with Crippen LogP contribution in [0.15, 0.2) is 52.9 Å². The fourth-order valence-corrected chi connectivity index (χ4v) is 9.48. The Labute approximate surface area is 455 Å². The van der Waals surface area contributed by atoms with Gasteiger partial charge in [-0.05, 0) is 64.9 Å². The number of nitrogens with zero attached hydrogens (tertiary/aromatic N) is 3. The maximum Gasteiger partial charge on any atom is 0.409 e. The molecular weight excluding hydrogens is 1020 g/mol. The molecule has 0 saturated carbocycles. The second-order valence-corrected chi connectivity index (χ2v) is 20.6. The van der Waals surface area contributed by atoms with Gasteiger partial charge in [-0.25, -0.2) is 9.59 Å². The van der Waals surface area contributed by atoms with E-state index in [1.165, 1.54) is 37.1 Å². The molecule has 0 spiro atoms. The number of carbonyl (C=O) groups excluding carboxylic acids is 7. The number of nitrogens with one attached hydrogen (secondary N) is 2. The number of nitrogens with two attached hydrogens (primary N) is 1. The summed E-state index contributed by atoms with van der Waals surface area (Å²) in [5, 5.41) is 17.4. The van der Waals surface area contributed by atoms with Gasteiger partial charge in [0, 0.05) is 64.2 Å². The minimum atomic E-state index is -1.86. The number of hydrogen-bond donors (Lipinski definition) is 4. The number of methoxy groups -OCH3 is 1. The molecule has 1 unspecified atom stereocenters. The van der Waals surface area contributed by atoms with E-state index in [-0.39, 0.29) is 71.7 Å². The van der Waals surface area contributed by atoms with Crippen molar-refractivity contribution in [2.24, 2.45) is 17.6 Å². The van der Waals surface area contributed by atoms with Crippen LogP contribution in [0.3, 0.4) is 0 Å². The van der Waals surface area contributed by atoms with Gasteiger partial charge in [0.05, 0.1) is 80.9 Å². The number of ether oxygens (including phenoxy) is 7. The number of fused-ring (bicyclic) bond motifs is 5. The topological polar surface area (TPSA) is 281 Å². The average Bonchev–Trinajstić information content (AvgIpc) is 4.00. The number of esters is 2. The van der Waals surface area contributed by atoms with E-state index in [1.54, 1.807) is 39.3 Å². The maximum atomic E-state index is 14.3. The normalized spacial score (nSPS) is 25.5. The van der Waals surface area contributed by atoms with Crippen molar-refractivity contribution < 1.29 is 76.2 Å². The monoisotopic (exact) mass is 1100 g/mol. The number of alkyl carbamates (subject to hydrolysis) is 1. The number of epoxide rings is 1. The Bertz CT molecular complexity index is 2480. The van der Waals surface area contributed by atoms with Gasteiger partial charge >= 0.3 is 18.0 Å². The number of rotatable bonds is 23. The quantitative estimate of drug-likeness (QED) is 0.0529. The van der Waals surface area contributed by atoms with Crippen LogP contribution in [0.25, 0.3) is 0 Å².